The second-order valence-electron chi connectivity index (χ2n) is 3.05. The summed E-state index contributed by atoms with van der Waals surface area (Å²) in [6.45, 7) is 0.769. The highest BCUT2D eigenvalue weighted by atomic mass is 35.5. The Morgan fingerprint density at radius 2 is 1.67 bits per heavy atom. The van der Waals surface area contributed by atoms with Crippen molar-refractivity contribution < 1.29 is 13.2 Å². The van der Waals surface area contributed by atoms with Crippen LogP contribution in [0.1, 0.15) is 11.1 Å². The summed E-state index contributed by atoms with van der Waals surface area (Å²) in [4.78, 5) is 0. The molecule has 0 aliphatic rings. The van der Waals surface area contributed by atoms with E-state index in [0.29, 0.717) is 0 Å². The van der Waals surface area contributed by atoms with Gasteiger partial charge in [-0.3, -0.25) is 0 Å². The van der Waals surface area contributed by atoms with E-state index in [0.717, 1.165) is 30.7 Å². The molecule has 0 fully saturated rings. The smallest absolute Gasteiger partial charge is 0.319 e. The standard InChI is InChI=1S/C10H12F3N.ClH/c1-14-7-6-8-2-4-9(5-3-8)10(11,12)13;/h2-5,14H,6-7H2,1H3;1H. The minimum atomic E-state index is -4.23. The largest absolute Gasteiger partial charge is 0.416 e. The number of rotatable bonds is 3. The molecule has 1 rings (SSSR count). The lowest BCUT2D eigenvalue weighted by Crippen LogP contribution is -2.10. The van der Waals surface area contributed by atoms with Crippen molar-refractivity contribution >= 4 is 12.4 Å². The highest BCUT2D eigenvalue weighted by molar-refractivity contribution is 5.85. The number of benzene rings is 1. The van der Waals surface area contributed by atoms with E-state index in [4.69, 9.17) is 0 Å². The Balaban J connectivity index is 0.00000196. The van der Waals surface area contributed by atoms with E-state index in [1.807, 2.05) is 7.05 Å². The predicted molar refractivity (Wildman–Crippen MR) is 56.3 cm³/mol. The van der Waals surface area contributed by atoms with E-state index in [2.05, 4.69) is 5.32 Å². The Bertz CT molecular complexity index is 282. The molecule has 0 spiro atoms. The van der Waals surface area contributed by atoms with Crippen LogP contribution in [-0.2, 0) is 12.6 Å². The maximum absolute atomic E-state index is 12.2. The first-order chi connectivity index (χ1) is 6.54. The molecule has 1 aromatic rings. The summed E-state index contributed by atoms with van der Waals surface area (Å²) < 4.78 is 36.5. The zero-order chi connectivity index (χ0) is 10.6. The third-order valence-electron chi connectivity index (χ3n) is 1.94. The highest BCUT2D eigenvalue weighted by Gasteiger charge is 2.29. The lowest BCUT2D eigenvalue weighted by molar-refractivity contribution is -0.137. The molecule has 0 aromatic heterocycles. The van der Waals surface area contributed by atoms with Crippen LogP contribution in [0, 0.1) is 0 Å². The van der Waals surface area contributed by atoms with Gasteiger partial charge in [-0.15, -0.1) is 12.4 Å². The number of hydrogen-bond donors (Lipinski definition) is 1. The average Bonchev–Trinajstić information content (AvgIpc) is 2.14. The minimum Gasteiger partial charge on any atom is -0.319 e. The van der Waals surface area contributed by atoms with Gasteiger partial charge in [0, 0.05) is 0 Å². The fourth-order valence-electron chi connectivity index (χ4n) is 1.13. The van der Waals surface area contributed by atoms with Gasteiger partial charge in [-0.2, -0.15) is 13.2 Å². The van der Waals surface area contributed by atoms with E-state index in [1.165, 1.54) is 12.1 Å². The first-order valence-corrected chi connectivity index (χ1v) is 4.35. The highest BCUT2D eigenvalue weighted by Crippen LogP contribution is 2.28. The maximum atomic E-state index is 12.2. The Labute approximate surface area is 93.1 Å². The minimum absolute atomic E-state index is 0. The van der Waals surface area contributed by atoms with Crippen molar-refractivity contribution in [3.8, 4) is 0 Å². The summed E-state index contributed by atoms with van der Waals surface area (Å²) in [6.07, 6.45) is -3.49. The monoisotopic (exact) mass is 239 g/mol. The molecule has 1 nitrogen and oxygen atoms in total. The molecule has 15 heavy (non-hydrogen) atoms. The third-order valence-corrected chi connectivity index (χ3v) is 1.94. The van der Waals surface area contributed by atoms with Crippen molar-refractivity contribution in [2.45, 2.75) is 12.6 Å². The third kappa shape index (κ3) is 4.53. The van der Waals surface area contributed by atoms with Crippen molar-refractivity contribution in [3.05, 3.63) is 35.4 Å². The summed E-state index contributed by atoms with van der Waals surface area (Å²) in [5, 5.41) is 2.94. The Morgan fingerprint density at radius 3 is 2.07 bits per heavy atom. The van der Waals surface area contributed by atoms with Gasteiger partial charge in [0.2, 0.25) is 0 Å². The van der Waals surface area contributed by atoms with E-state index in [1.54, 1.807) is 0 Å². The van der Waals surface area contributed by atoms with Crippen LogP contribution in [0.4, 0.5) is 13.2 Å². The molecule has 0 atom stereocenters. The van der Waals surface area contributed by atoms with Crippen molar-refractivity contribution in [1.82, 2.24) is 5.32 Å². The maximum Gasteiger partial charge on any atom is 0.416 e. The second-order valence-corrected chi connectivity index (χ2v) is 3.05. The van der Waals surface area contributed by atoms with Crippen LogP contribution in [0.3, 0.4) is 0 Å². The summed E-state index contributed by atoms with van der Waals surface area (Å²) in [7, 11) is 1.81. The van der Waals surface area contributed by atoms with E-state index in [9.17, 15) is 13.2 Å². The van der Waals surface area contributed by atoms with Crippen molar-refractivity contribution in [2.24, 2.45) is 0 Å². The topological polar surface area (TPSA) is 12.0 Å². The normalized spacial score (nSPS) is 10.9. The molecule has 0 saturated carbocycles. The lowest BCUT2D eigenvalue weighted by atomic mass is 10.1. The van der Waals surface area contributed by atoms with Gasteiger partial charge < -0.3 is 5.32 Å². The van der Waals surface area contributed by atoms with E-state index < -0.39 is 11.7 Å². The van der Waals surface area contributed by atoms with Crippen molar-refractivity contribution in [3.63, 3.8) is 0 Å². The molecule has 0 bridgehead atoms. The van der Waals surface area contributed by atoms with Gasteiger partial charge in [0.25, 0.3) is 0 Å². The molecule has 0 aliphatic carbocycles. The molecule has 1 aromatic carbocycles. The van der Waals surface area contributed by atoms with Gasteiger partial charge in [0.15, 0.2) is 0 Å². The number of halogens is 4. The quantitative estimate of drug-likeness (QED) is 0.855. The summed E-state index contributed by atoms with van der Waals surface area (Å²) >= 11 is 0. The Hall–Kier alpha value is -0.740. The van der Waals surface area contributed by atoms with Gasteiger partial charge in [0.05, 0.1) is 5.56 Å². The van der Waals surface area contributed by atoms with Crippen LogP contribution in [-0.4, -0.2) is 13.6 Å². The first-order valence-electron chi connectivity index (χ1n) is 4.35. The van der Waals surface area contributed by atoms with Crippen LogP contribution in [0.25, 0.3) is 0 Å². The van der Waals surface area contributed by atoms with E-state index in [-0.39, 0.29) is 12.4 Å². The molecule has 0 radical (unpaired) electrons. The van der Waals surface area contributed by atoms with Gasteiger partial charge >= 0.3 is 6.18 Å². The summed E-state index contributed by atoms with van der Waals surface area (Å²) in [5.41, 5.74) is 0.318. The SMILES string of the molecule is CNCCc1ccc(C(F)(F)F)cc1.Cl. The Kier molecular flexibility index (Phi) is 5.68. The zero-order valence-corrected chi connectivity index (χ0v) is 9.08. The van der Waals surface area contributed by atoms with Crippen LogP contribution in [0.2, 0.25) is 0 Å². The molecule has 0 heterocycles. The molecule has 0 saturated heterocycles. The molecule has 0 amide bonds. The van der Waals surface area contributed by atoms with Crippen LogP contribution < -0.4 is 5.32 Å². The first kappa shape index (κ1) is 14.3. The Morgan fingerprint density at radius 1 is 1.13 bits per heavy atom. The molecule has 0 aliphatic heterocycles. The molecular weight excluding hydrogens is 227 g/mol. The zero-order valence-electron chi connectivity index (χ0n) is 8.27. The van der Waals surface area contributed by atoms with Gasteiger partial charge in [-0.05, 0) is 37.7 Å². The molecular formula is C10H13ClF3N. The van der Waals surface area contributed by atoms with Crippen LogP contribution >= 0.6 is 12.4 Å². The molecule has 1 N–H and O–H groups in total. The van der Waals surface area contributed by atoms with Crippen LogP contribution in [0.15, 0.2) is 24.3 Å². The van der Waals surface area contributed by atoms with Crippen molar-refractivity contribution in [2.75, 3.05) is 13.6 Å². The van der Waals surface area contributed by atoms with Gasteiger partial charge in [-0.25, -0.2) is 0 Å². The van der Waals surface area contributed by atoms with Crippen molar-refractivity contribution in [1.29, 1.82) is 0 Å². The number of likely N-dealkylation sites (N-methyl/N-ethyl adjacent to an activating group) is 1. The number of alkyl halides is 3. The summed E-state index contributed by atoms with van der Waals surface area (Å²) in [5.74, 6) is 0. The van der Waals surface area contributed by atoms with Crippen LogP contribution in [0.5, 0.6) is 0 Å². The number of nitrogens with one attached hydrogen (secondary N) is 1. The fourth-order valence-corrected chi connectivity index (χ4v) is 1.13. The molecule has 86 valence electrons. The molecule has 5 heteroatoms. The second kappa shape index (κ2) is 5.98. The van der Waals surface area contributed by atoms with Gasteiger partial charge in [0.1, 0.15) is 0 Å². The fraction of sp³-hybridized carbons (Fsp3) is 0.400. The van der Waals surface area contributed by atoms with Gasteiger partial charge in [-0.1, -0.05) is 12.1 Å². The summed E-state index contributed by atoms with van der Waals surface area (Å²) in [6, 6.07) is 5.26. The average molecular weight is 240 g/mol. The predicted octanol–water partition coefficient (Wildman–Crippen LogP) is 2.89. The number of hydrogen-bond acceptors (Lipinski definition) is 1. The van der Waals surface area contributed by atoms with E-state index >= 15 is 0 Å². The lowest BCUT2D eigenvalue weighted by Gasteiger charge is -2.07. The molecule has 0 unspecified atom stereocenters.